The molecule has 3 rings (SSSR count). The van der Waals surface area contributed by atoms with E-state index in [-0.39, 0.29) is 5.91 Å². The zero-order valence-corrected chi connectivity index (χ0v) is 12.6. The fourth-order valence-corrected chi connectivity index (χ4v) is 2.87. The number of halogens is 1. The molecule has 22 heavy (non-hydrogen) atoms. The van der Waals surface area contributed by atoms with Crippen LogP contribution in [0.5, 0.6) is 0 Å². The third kappa shape index (κ3) is 2.70. The first-order valence-electron chi connectivity index (χ1n) is 7.08. The molecule has 1 fully saturated rings. The minimum atomic E-state index is 0.0777. The molecule has 0 radical (unpaired) electrons. The van der Waals surface area contributed by atoms with Crippen molar-refractivity contribution in [1.29, 1.82) is 0 Å². The van der Waals surface area contributed by atoms with Crippen LogP contribution in [0.1, 0.15) is 24.0 Å². The van der Waals surface area contributed by atoms with Crippen LogP contribution in [0.2, 0.25) is 5.02 Å². The molecule has 0 atom stereocenters. The summed E-state index contributed by atoms with van der Waals surface area (Å²) in [6, 6.07) is 14.6. The van der Waals surface area contributed by atoms with Crippen molar-refractivity contribution >= 4 is 28.9 Å². The first-order valence-corrected chi connectivity index (χ1v) is 7.46. The molecule has 2 aromatic rings. The summed E-state index contributed by atoms with van der Waals surface area (Å²) in [5.74, 6) is 0.0777. The molecule has 1 amide bonds. The molecule has 1 aliphatic heterocycles. The van der Waals surface area contributed by atoms with Gasteiger partial charge in [-0.15, -0.1) is 0 Å². The Hall–Kier alpha value is -2.33. The summed E-state index contributed by atoms with van der Waals surface area (Å²) in [5, 5.41) is 13.5. The molecule has 1 saturated heterocycles. The highest BCUT2D eigenvalue weighted by atomic mass is 35.5. The number of anilines is 1. The number of amides is 1. The van der Waals surface area contributed by atoms with E-state index in [9.17, 15) is 10.0 Å². The molecule has 5 heteroatoms. The van der Waals surface area contributed by atoms with Gasteiger partial charge in [0.1, 0.15) is 5.71 Å². The Morgan fingerprint density at radius 3 is 2.59 bits per heavy atom. The van der Waals surface area contributed by atoms with Crippen molar-refractivity contribution in [2.75, 3.05) is 11.4 Å². The van der Waals surface area contributed by atoms with Crippen molar-refractivity contribution in [2.24, 2.45) is 5.16 Å². The normalized spacial score (nSPS) is 15.4. The third-order valence-corrected chi connectivity index (χ3v) is 3.96. The van der Waals surface area contributed by atoms with E-state index in [2.05, 4.69) is 5.16 Å². The number of carbonyl (C=O) groups is 1. The lowest BCUT2D eigenvalue weighted by atomic mass is 10.00. The molecule has 0 spiro atoms. The molecule has 1 aliphatic rings. The van der Waals surface area contributed by atoms with Gasteiger partial charge in [-0.2, -0.15) is 0 Å². The van der Waals surface area contributed by atoms with Gasteiger partial charge < -0.3 is 10.1 Å². The van der Waals surface area contributed by atoms with Gasteiger partial charge in [0.2, 0.25) is 5.91 Å². The van der Waals surface area contributed by atoms with Crippen LogP contribution in [0.4, 0.5) is 5.69 Å². The van der Waals surface area contributed by atoms with Gasteiger partial charge in [0.05, 0.1) is 5.69 Å². The Bertz CT molecular complexity index is 729. The average Bonchev–Trinajstić information content (AvgIpc) is 2.95. The van der Waals surface area contributed by atoms with Gasteiger partial charge in [-0.1, -0.05) is 47.1 Å². The lowest BCUT2D eigenvalue weighted by Crippen LogP contribution is -2.26. The van der Waals surface area contributed by atoms with Crippen LogP contribution in [-0.4, -0.2) is 23.4 Å². The van der Waals surface area contributed by atoms with Gasteiger partial charge in [0, 0.05) is 29.1 Å². The average molecular weight is 315 g/mol. The molecule has 112 valence electrons. The van der Waals surface area contributed by atoms with Crippen molar-refractivity contribution in [3.63, 3.8) is 0 Å². The third-order valence-electron chi connectivity index (χ3n) is 3.73. The Kier molecular flexibility index (Phi) is 4.11. The first kappa shape index (κ1) is 14.6. The second-order valence-corrected chi connectivity index (χ2v) is 5.56. The predicted octanol–water partition coefficient (Wildman–Crippen LogP) is 3.69. The zero-order chi connectivity index (χ0) is 15.5. The van der Waals surface area contributed by atoms with Crippen LogP contribution in [-0.2, 0) is 4.79 Å². The number of carbonyl (C=O) groups excluding carboxylic acids is 1. The largest absolute Gasteiger partial charge is 0.410 e. The summed E-state index contributed by atoms with van der Waals surface area (Å²) in [5.41, 5.74) is 2.54. The maximum absolute atomic E-state index is 12.0. The van der Waals surface area contributed by atoms with E-state index >= 15 is 0 Å². The number of hydrogen-bond acceptors (Lipinski definition) is 3. The van der Waals surface area contributed by atoms with Gasteiger partial charge >= 0.3 is 0 Å². The number of benzene rings is 2. The molecule has 0 saturated carbocycles. The van der Waals surface area contributed by atoms with E-state index in [1.807, 2.05) is 30.3 Å². The molecular formula is C17H15ClN2O2. The second kappa shape index (κ2) is 6.20. The Labute approximate surface area is 133 Å². The highest BCUT2D eigenvalue weighted by Gasteiger charge is 2.26. The minimum Gasteiger partial charge on any atom is -0.410 e. The monoisotopic (exact) mass is 314 g/mol. The number of rotatable bonds is 3. The Morgan fingerprint density at radius 2 is 1.95 bits per heavy atom. The predicted molar refractivity (Wildman–Crippen MR) is 86.9 cm³/mol. The lowest BCUT2D eigenvalue weighted by Gasteiger charge is -2.20. The second-order valence-electron chi connectivity index (χ2n) is 5.13. The van der Waals surface area contributed by atoms with Crippen LogP contribution in [0.15, 0.2) is 53.7 Å². The molecule has 0 bridgehead atoms. The minimum absolute atomic E-state index is 0.0777. The standard InChI is InChI=1S/C17H15ClN2O2/c18-13-8-9-15(20-10-4-7-16(20)21)14(11-13)17(19-22)12-5-2-1-3-6-12/h1-3,5-6,8-9,11,22H,4,7,10H2/b19-17-. The van der Waals surface area contributed by atoms with E-state index < -0.39 is 0 Å². The lowest BCUT2D eigenvalue weighted by molar-refractivity contribution is -0.117. The molecular weight excluding hydrogens is 300 g/mol. The van der Waals surface area contributed by atoms with Crippen molar-refractivity contribution < 1.29 is 10.0 Å². The fraction of sp³-hybridized carbons (Fsp3) is 0.176. The summed E-state index contributed by atoms with van der Waals surface area (Å²) in [6.45, 7) is 0.668. The fourth-order valence-electron chi connectivity index (χ4n) is 2.70. The maximum Gasteiger partial charge on any atom is 0.227 e. The molecule has 1 N–H and O–H groups in total. The van der Waals surface area contributed by atoms with E-state index in [1.165, 1.54) is 0 Å². The number of hydrogen-bond donors (Lipinski definition) is 1. The van der Waals surface area contributed by atoms with E-state index in [1.54, 1.807) is 23.1 Å². The van der Waals surface area contributed by atoms with Crippen LogP contribution in [0.25, 0.3) is 0 Å². The van der Waals surface area contributed by atoms with Gasteiger partial charge in [-0.05, 0) is 24.6 Å². The molecule has 0 aliphatic carbocycles. The van der Waals surface area contributed by atoms with Crippen LogP contribution < -0.4 is 4.90 Å². The van der Waals surface area contributed by atoms with Crippen molar-refractivity contribution in [1.82, 2.24) is 0 Å². The summed E-state index contributed by atoms with van der Waals surface area (Å²) < 4.78 is 0. The molecule has 0 aromatic heterocycles. The van der Waals surface area contributed by atoms with E-state index in [0.717, 1.165) is 17.7 Å². The Morgan fingerprint density at radius 1 is 1.18 bits per heavy atom. The first-order chi connectivity index (χ1) is 10.7. The number of oxime groups is 1. The van der Waals surface area contributed by atoms with Gasteiger partial charge in [-0.25, -0.2) is 0 Å². The quantitative estimate of drug-likeness (QED) is 0.533. The zero-order valence-electron chi connectivity index (χ0n) is 11.9. The molecule has 2 aromatic carbocycles. The maximum atomic E-state index is 12.0. The highest BCUT2D eigenvalue weighted by Crippen LogP contribution is 2.30. The van der Waals surface area contributed by atoms with Gasteiger partial charge in [0.25, 0.3) is 0 Å². The summed E-state index contributed by atoms with van der Waals surface area (Å²) in [7, 11) is 0. The van der Waals surface area contributed by atoms with E-state index in [4.69, 9.17) is 11.6 Å². The molecule has 1 heterocycles. The van der Waals surface area contributed by atoms with Crippen LogP contribution in [0.3, 0.4) is 0 Å². The van der Waals surface area contributed by atoms with Crippen molar-refractivity contribution in [3.8, 4) is 0 Å². The SMILES string of the molecule is O=C1CCCN1c1ccc(Cl)cc1/C(=N\O)c1ccccc1. The molecule has 4 nitrogen and oxygen atoms in total. The van der Waals surface area contributed by atoms with E-state index in [0.29, 0.717) is 29.3 Å². The van der Waals surface area contributed by atoms with Gasteiger partial charge in [0.15, 0.2) is 0 Å². The Balaban J connectivity index is 2.13. The highest BCUT2D eigenvalue weighted by molar-refractivity contribution is 6.31. The van der Waals surface area contributed by atoms with Crippen LogP contribution >= 0.6 is 11.6 Å². The van der Waals surface area contributed by atoms with Crippen molar-refractivity contribution in [3.05, 3.63) is 64.7 Å². The summed E-state index contributed by atoms with van der Waals surface area (Å²) >= 11 is 6.11. The van der Waals surface area contributed by atoms with Gasteiger partial charge in [-0.3, -0.25) is 4.79 Å². The topological polar surface area (TPSA) is 52.9 Å². The molecule has 0 unspecified atom stereocenters. The number of nitrogens with zero attached hydrogens (tertiary/aromatic N) is 2. The van der Waals surface area contributed by atoms with Crippen LogP contribution in [0, 0.1) is 0 Å². The summed E-state index contributed by atoms with van der Waals surface area (Å²) in [4.78, 5) is 13.8. The summed E-state index contributed by atoms with van der Waals surface area (Å²) in [6.07, 6.45) is 1.37. The van der Waals surface area contributed by atoms with Crippen molar-refractivity contribution in [2.45, 2.75) is 12.8 Å². The smallest absolute Gasteiger partial charge is 0.227 e.